The smallest absolute Gasteiger partial charge is 0.162 e. The fourth-order valence-electron chi connectivity index (χ4n) is 2.16. The summed E-state index contributed by atoms with van der Waals surface area (Å²) in [7, 11) is 0. The van der Waals surface area contributed by atoms with Crippen molar-refractivity contribution < 1.29 is 9.47 Å². The molecule has 0 saturated heterocycles. The van der Waals surface area contributed by atoms with Crippen molar-refractivity contribution in [3.63, 3.8) is 0 Å². The van der Waals surface area contributed by atoms with Gasteiger partial charge < -0.3 is 9.47 Å². The molecule has 1 heterocycles. The molecule has 1 atom stereocenters. The number of ether oxygens (including phenoxy) is 2. The fourth-order valence-corrected chi connectivity index (χ4v) is 4.06. The van der Waals surface area contributed by atoms with Crippen LogP contribution in [-0.2, 0) is 0 Å². The molecule has 2 aromatic carbocycles. The average molecular weight is 453 g/mol. The molecule has 110 valence electrons. The van der Waals surface area contributed by atoms with Gasteiger partial charge in [-0.2, -0.15) is 0 Å². The van der Waals surface area contributed by atoms with Gasteiger partial charge in [-0.25, -0.2) is 0 Å². The lowest BCUT2D eigenvalue weighted by molar-refractivity contribution is 0.171. The van der Waals surface area contributed by atoms with Gasteiger partial charge in [-0.15, -0.1) is 0 Å². The highest BCUT2D eigenvalue weighted by atomic mass is 79.9. The number of rotatable bonds is 2. The summed E-state index contributed by atoms with van der Waals surface area (Å²) in [4.78, 5) is -0.133. The molecule has 6 heteroatoms. The van der Waals surface area contributed by atoms with Gasteiger partial charge in [0, 0.05) is 15.6 Å². The summed E-state index contributed by atoms with van der Waals surface area (Å²) in [6, 6.07) is 9.47. The molecule has 0 spiro atoms. The van der Waals surface area contributed by atoms with Crippen LogP contribution in [-0.4, -0.2) is 13.2 Å². The first-order valence-corrected chi connectivity index (χ1v) is 8.71. The van der Waals surface area contributed by atoms with Gasteiger partial charge >= 0.3 is 0 Å². The van der Waals surface area contributed by atoms with E-state index in [0.717, 1.165) is 15.6 Å². The summed E-state index contributed by atoms with van der Waals surface area (Å²) in [5.74, 6) is 1.38. The summed E-state index contributed by atoms with van der Waals surface area (Å²) >= 11 is 19.8. The lowest BCUT2D eigenvalue weighted by atomic mass is 10.0. The normalized spacial score (nSPS) is 14.9. The number of alkyl halides is 1. The van der Waals surface area contributed by atoms with E-state index in [1.165, 1.54) is 0 Å². The zero-order valence-electron chi connectivity index (χ0n) is 10.7. The van der Waals surface area contributed by atoms with E-state index in [1.54, 1.807) is 6.07 Å². The van der Waals surface area contributed by atoms with E-state index in [2.05, 4.69) is 31.9 Å². The molecular weight excluding hydrogens is 443 g/mol. The van der Waals surface area contributed by atoms with Gasteiger partial charge in [0.15, 0.2) is 11.5 Å². The maximum Gasteiger partial charge on any atom is 0.162 e. The van der Waals surface area contributed by atoms with Crippen LogP contribution in [0.5, 0.6) is 11.5 Å². The molecule has 1 aliphatic rings. The highest BCUT2D eigenvalue weighted by molar-refractivity contribution is 9.10. The van der Waals surface area contributed by atoms with Gasteiger partial charge in [0.25, 0.3) is 0 Å². The van der Waals surface area contributed by atoms with Crippen LogP contribution in [0.15, 0.2) is 34.8 Å². The first-order chi connectivity index (χ1) is 10.1. The predicted molar refractivity (Wildman–Crippen MR) is 92.4 cm³/mol. The van der Waals surface area contributed by atoms with Crippen molar-refractivity contribution in [2.45, 2.75) is 4.83 Å². The third-order valence-corrected chi connectivity index (χ3v) is 5.81. The minimum absolute atomic E-state index is 0.133. The molecule has 0 bridgehead atoms. The second kappa shape index (κ2) is 6.37. The summed E-state index contributed by atoms with van der Waals surface area (Å²) in [6.07, 6.45) is 0. The standard InChI is InChI=1S/C15H10Br2Cl2O2/c16-10-3-1-2-8(15(10)19)14(17)9-6-12-13(7-11(9)18)21-5-4-20-12/h1-3,6-7,14H,4-5H2. The van der Waals surface area contributed by atoms with Crippen molar-refractivity contribution in [2.75, 3.05) is 13.2 Å². The monoisotopic (exact) mass is 450 g/mol. The van der Waals surface area contributed by atoms with Crippen LogP contribution in [0.2, 0.25) is 10.0 Å². The quantitative estimate of drug-likeness (QED) is 0.519. The van der Waals surface area contributed by atoms with Gasteiger partial charge in [-0.3, -0.25) is 0 Å². The molecule has 0 saturated carbocycles. The molecule has 3 rings (SSSR count). The Kier molecular flexibility index (Phi) is 4.69. The summed E-state index contributed by atoms with van der Waals surface area (Å²) in [5.41, 5.74) is 1.82. The van der Waals surface area contributed by atoms with Crippen LogP contribution in [0.1, 0.15) is 16.0 Å². The van der Waals surface area contributed by atoms with Gasteiger partial charge in [-0.1, -0.05) is 51.3 Å². The zero-order valence-corrected chi connectivity index (χ0v) is 15.4. The second-order valence-corrected chi connectivity index (χ2v) is 7.08. The number of hydrogen-bond acceptors (Lipinski definition) is 2. The number of fused-ring (bicyclic) bond motifs is 1. The van der Waals surface area contributed by atoms with Gasteiger partial charge in [0.05, 0.1) is 9.85 Å². The molecule has 0 radical (unpaired) electrons. The Bertz CT molecular complexity index is 692. The lowest BCUT2D eigenvalue weighted by Crippen LogP contribution is -2.15. The molecule has 0 fully saturated rings. The van der Waals surface area contributed by atoms with Crippen LogP contribution < -0.4 is 9.47 Å². The molecule has 0 aromatic heterocycles. The molecule has 0 amide bonds. The Balaban J connectivity index is 2.05. The van der Waals surface area contributed by atoms with Gasteiger partial charge in [0.2, 0.25) is 0 Å². The van der Waals surface area contributed by atoms with Crippen LogP contribution in [0.4, 0.5) is 0 Å². The van der Waals surface area contributed by atoms with E-state index in [4.69, 9.17) is 32.7 Å². The topological polar surface area (TPSA) is 18.5 Å². The Morgan fingerprint density at radius 1 is 1.00 bits per heavy atom. The second-order valence-electron chi connectivity index (χ2n) is 4.52. The third kappa shape index (κ3) is 3.04. The first-order valence-electron chi connectivity index (χ1n) is 6.25. The third-order valence-electron chi connectivity index (χ3n) is 3.19. The number of halogens is 4. The van der Waals surface area contributed by atoms with Crippen LogP contribution in [0.25, 0.3) is 0 Å². The average Bonchev–Trinajstić information content (AvgIpc) is 2.48. The van der Waals surface area contributed by atoms with Crippen molar-refractivity contribution >= 4 is 55.1 Å². The first kappa shape index (κ1) is 15.5. The SMILES string of the molecule is Clc1cc2c(cc1C(Br)c1cccc(Br)c1Cl)OCCO2. The van der Waals surface area contributed by atoms with Crippen molar-refractivity contribution in [3.8, 4) is 11.5 Å². The van der Waals surface area contributed by atoms with E-state index < -0.39 is 0 Å². The molecule has 21 heavy (non-hydrogen) atoms. The Morgan fingerprint density at radius 3 is 2.38 bits per heavy atom. The molecule has 2 nitrogen and oxygen atoms in total. The predicted octanol–water partition coefficient (Wildman–Crippen LogP) is 6.01. The molecule has 1 unspecified atom stereocenters. The Hall–Kier alpha value is -0.420. The van der Waals surface area contributed by atoms with Crippen LogP contribution in [0.3, 0.4) is 0 Å². The summed E-state index contributed by atoms with van der Waals surface area (Å²) in [6.45, 7) is 1.08. The molecule has 0 aliphatic carbocycles. The molecular formula is C15H10Br2Cl2O2. The fraction of sp³-hybridized carbons (Fsp3) is 0.200. The van der Waals surface area contributed by atoms with E-state index in [0.29, 0.717) is 34.8 Å². The van der Waals surface area contributed by atoms with E-state index >= 15 is 0 Å². The maximum absolute atomic E-state index is 6.38. The van der Waals surface area contributed by atoms with E-state index in [9.17, 15) is 0 Å². The Labute approximate surface area is 149 Å². The van der Waals surface area contributed by atoms with Crippen LogP contribution >= 0.6 is 55.1 Å². The minimum Gasteiger partial charge on any atom is -0.486 e. The van der Waals surface area contributed by atoms with Crippen molar-refractivity contribution in [1.29, 1.82) is 0 Å². The number of benzene rings is 2. The highest BCUT2D eigenvalue weighted by Gasteiger charge is 2.22. The van der Waals surface area contributed by atoms with Gasteiger partial charge in [0.1, 0.15) is 13.2 Å². The van der Waals surface area contributed by atoms with Crippen LogP contribution in [0, 0.1) is 0 Å². The van der Waals surface area contributed by atoms with Crippen molar-refractivity contribution in [2.24, 2.45) is 0 Å². The lowest BCUT2D eigenvalue weighted by Gasteiger charge is -2.22. The zero-order chi connectivity index (χ0) is 15.0. The summed E-state index contributed by atoms with van der Waals surface area (Å²) < 4.78 is 12.0. The van der Waals surface area contributed by atoms with Crippen molar-refractivity contribution in [1.82, 2.24) is 0 Å². The molecule has 0 N–H and O–H groups in total. The Morgan fingerprint density at radius 2 is 1.67 bits per heavy atom. The van der Waals surface area contributed by atoms with Crippen molar-refractivity contribution in [3.05, 3.63) is 56.0 Å². The molecule has 1 aliphatic heterocycles. The summed E-state index contributed by atoms with van der Waals surface area (Å²) in [5, 5.41) is 1.27. The maximum atomic E-state index is 6.38. The largest absolute Gasteiger partial charge is 0.486 e. The number of hydrogen-bond donors (Lipinski definition) is 0. The van der Waals surface area contributed by atoms with E-state index in [-0.39, 0.29) is 4.83 Å². The van der Waals surface area contributed by atoms with Gasteiger partial charge in [-0.05, 0) is 39.2 Å². The highest BCUT2D eigenvalue weighted by Crippen LogP contribution is 2.44. The van der Waals surface area contributed by atoms with E-state index in [1.807, 2.05) is 24.3 Å². The minimum atomic E-state index is -0.133. The molecule has 2 aromatic rings.